The van der Waals surface area contributed by atoms with Gasteiger partial charge in [-0.05, 0) is 46.4 Å². The number of carbonyl (C=O) groups excluding carboxylic acids is 2. The van der Waals surface area contributed by atoms with E-state index >= 15 is 0 Å². The number of rotatable bonds is 6. The van der Waals surface area contributed by atoms with Crippen LogP contribution in [0, 0.1) is 0 Å². The first kappa shape index (κ1) is 21.4. The molecule has 1 aliphatic heterocycles. The van der Waals surface area contributed by atoms with E-state index in [0.717, 1.165) is 0 Å². The molecule has 1 aliphatic rings. The van der Waals surface area contributed by atoms with Crippen LogP contribution >= 0.6 is 0 Å². The molecule has 0 saturated carbocycles. The number of benzene rings is 1. The highest BCUT2D eigenvalue weighted by atomic mass is 32.2. The monoisotopic (exact) mass is 395 g/mol. The summed E-state index contributed by atoms with van der Waals surface area (Å²) < 4.78 is 23.8. The fourth-order valence-electron chi connectivity index (χ4n) is 3.19. The quantitative estimate of drug-likeness (QED) is 0.778. The van der Waals surface area contributed by atoms with Crippen LogP contribution in [0.25, 0.3) is 0 Å². The lowest BCUT2D eigenvalue weighted by molar-refractivity contribution is -0.124. The van der Waals surface area contributed by atoms with Gasteiger partial charge in [-0.3, -0.25) is 14.5 Å². The van der Waals surface area contributed by atoms with Crippen molar-refractivity contribution >= 4 is 27.3 Å². The van der Waals surface area contributed by atoms with Crippen LogP contribution in [0.3, 0.4) is 0 Å². The van der Waals surface area contributed by atoms with Crippen LogP contribution in [-0.4, -0.2) is 68.4 Å². The van der Waals surface area contributed by atoms with Gasteiger partial charge in [-0.1, -0.05) is 18.2 Å². The average molecular weight is 396 g/mol. The van der Waals surface area contributed by atoms with E-state index in [-0.39, 0.29) is 48.0 Å². The summed E-state index contributed by atoms with van der Waals surface area (Å²) in [6, 6.07) is 8.71. The lowest BCUT2D eigenvalue weighted by Crippen LogP contribution is -2.49. The number of amides is 2. The van der Waals surface area contributed by atoms with E-state index < -0.39 is 9.84 Å². The van der Waals surface area contributed by atoms with Crippen molar-refractivity contribution in [2.75, 3.05) is 36.5 Å². The Hall–Kier alpha value is -1.93. The molecule has 2 rings (SSSR count). The van der Waals surface area contributed by atoms with Crippen LogP contribution in [0.4, 0.5) is 5.69 Å². The Labute approximate surface area is 161 Å². The molecule has 8 heteroatoms. The number of sulfone groups is 1. The summed E-state index contributed by atoms with van der Waals surface area (Å²) in [6.45, 7) is 5.81. The molecule has 0 unspecified atom stereocenters. The maximum absolute atomic E-state index is 13.0. The van der Waals surface area contributed by atoms with Crippen LogP contribution in [0.15, 0.2) is 30.3 Å². The molecule has 0 aromatic heterocycles. The molecular formula is C19H29N3O4S. The highest BCUT2D eigenvalue weighted by molar-refractivity contribution is 7.91. The van der Waals surface area contributed by atoms with Crippen LogP contribution < -0.4 is 10.2 Å². The molecule has 1 aromatic carbocycles. The second kappa shape index (κ2) is 8.39. The van der Waals surface area contributed by atoms with Crippen molar-refractivity contribution in [3.63, 3.8) is 0 Å². The van der Waals surface area contributed by atoms with Crippen molar-refractivity contribution in [1.29, 1.82) is 0 Å². The van der Waals surface area contributed by atoms with Gasteiger partial charge in [0, 0.05) is 11.2 Å². The lowest BCUT2D eigenvalue weighted by Gasteiger charge is -2.30. The summed E-state index contributed by atoms with van der Waals surface area (Å²) in [5.74, 6) is -0.304. The number of carbonyl (C=O) groups is 2. The van der Waals surface area contributed by atoms with Gasteiger partial charge in [0.2, 0.25) is 11.8 Å². The summed E-state index contributed by atoms with van der Waals surface area (Å²) in [5, 5.41) is 2.87. The highest BCUT2D eigenvalue weighted by Gasteiger charge is 2.35. The topological polar surface area (TPSA) is 86.8 Å². The first-order chi connectivity index (χ1) is 12.5. The predicted octanol–water partition coefficient (Wildman–Crippen LogP) is 1.05. The third-order valence-corrected chi connectivity index (χ3v) is 5.96. The largest absolute Gasteiger partial charge is 0.350 e. The number of anilines is 1. The zero-order valence-corrected chi connectivity index (χ0v) is 17.3. The molecule has 1 atom stereocenters. The SMILES string of the molecule is CN(CC(=O)NC(C)(C)C)CC(=O)N(c1ccccc1)[C@H]1CCS(=O)(=O)C1. The summed E-state index contributed by atoms with van der Waals surface area (Å²) in [4.78, 5) is 28.3. The lowest BCUT2D eigenvalue weighted by atomic mass is 10.1. The number of para-hydroxylation sites is 1. The minimum atomic E-state index is -3.12. The normalized spacial score (nSPS) is 19.1. The Kier molecular flexibility index (Phi) is 6.64. The van der Waals surface area contributed by atoms with E-state index in [2.05, 4.69) is 5.32 Å². The van der Waals surface area contributed by atoms with Crippen molar-refractivity contribution in [3.8, 4) is 0 Å². The molecule has 2 amide bonds. The Morgan fingerprint density at radius 2 is 1.78 bits per heavy atom. The first-order valence-electron chi connectivity index (χ1n) is 9.04. The van der Waals surface area contributed by atoms with Crippen molar-refractivity contribution in [2.24, 2.45) is 0 Å². The Balaban J connectivity index is 2.09. The molecule has 1 heterocycles. The van der Waals surface area contributed by atoms with E-state index in [1.54, 1.807) is 29.0 Å². The maximum atomic E-state index is 13.0. The molecule has 150 valence electrons. The van der Waals surface area contributed by atoms with Gasteiger partial charge in [0.05, 0.1) is 30.6 Å². The van der Waals surface area contributed by atoms with E-state index in [0.29, 0.717) is 12.1 Å². The predicted molar refractivity (Wildman–Crippen MR) is 106 cm³/mol. The molecule has 0 bridgehead atoms. The zero-order chi connectivity index (χ0) is 20.2. The Morgan fingerprint density at radius 3 is 2.30 bits per heavy atom. The molecule has 1 N–H and O–H groups in total. The Bertz CT molecular complexity index is 772. The first-order valence-corrected chi connectivity index (χ1v) is 10.9. The van der Waals surface area contributed by atoms with E-state index in [1.165, 1.54) is 0 Å². The number of nitrogens with zero attached hydrogens (tertiary/aromatic N) is 2. The molecule has 0 aliphatic carbocycles. The number of nitrogens with one attached hydrogen (secondary N) is 1. The van der Waals surface area contributed by atoms with Gasteiger partial charge < -0.3 is 10.2 Å². The van der Waals surface area contributed by atoms with Crippen LogP contribution in [0.5, 0.6) is 0 Å². The summed E-state index contributed by atoms with van der Waals surface area (Å²) in [6.07, 6.45) is 0.428. The minimum absolute atomic E-state index is 0.0259. The molecule has 1 fully saturated rings. The summed E-state index contributed by atoms with van der Waals surface area (Å²) >= 11 is 0. The van der Waals surface area contributed by atoms with Gasteiger partial charge in [0.25, 0.3) is 0 Å². The number of likely N-dealkylation sites (N-methyl/N-ethyl adjacent to an activating group) is 1. The van der Waals surface area contributed by atoms with Gasteiger partial charge in [0.1, 0.15) is 0 Å². The van der Waals surface area contributed by atoms with Crippen LogP contribution in [-0.2, 0) is 19.4 Å². The van der Waals surface area contributed by atoms with Gasteiger partial charge in [-0.25, -0.2) is 8.42 Å². The molecule has 0 spiro atoms. The average Bonchev–Trinajstić information content (AvgIpc) is 2.86. The third-order valence-electron chi connectivity index (χ3n) is 4.21. The zero-order valence-electron chi connectivity index (χ0n) is 16.4. The van der Waals surface area contributed by atoms with E-state index in [4.69, 9.17) is 0 Å². The molecule has 27 heavy (non-hydrogen) atoms. The van der Waals surface area contributed by atoms with Gasteiger partial charge in [0.15, 0.2) is 9.84 Å². The van der Waals surface area contributed by atoms with Crippen molar-refractivity contribution in [2.45, 2.75) is 38.8 Å². The van der Waals surface area contributed by atoms with Crippen molar-refractivity contribution in [3.05, 3.63) is 30.3 Å². The van der Waals surface area contributed by atoms with Gasteiger partial charge >= 0.3 is 0 Å². The number of hydrogen-bond acceptors (Lipinski definition) is 5. The van der Waals surface area contributed by atoms with E-state index in [9.17, 15) is 18.0 Å². The van der Waals surface area contributed by atoms with Crippen LogP contribution in [0.1, 0.15) is 27.2 Å². The minimum Gasteiger partial charge on any atom is -0.350 e. The maximum Gasteiger partial charge on any atom is 0.241 e. The molecule has 7 nitrogen and oxygen atoms in total. The van der Waals surface area contributed by atoms with Crippen LogP contribution in [0.2, 0.25) is 0 Å². The molecule has 0 radical (unpaired) electrons. The van der Waals surface area contributed by atoms with E-state index in [1.807, 2.05) is 39.0 Å². The highest BCUT2D eigenvalue weighted by Crippen LogP contribution is 2.24. The van der Waals surface area contributed by atoms with Gasteiger partial charge in [-0.2, -0.15) is 0 Å². The Morgan fingerprint density at radius 1 is 1.15 bits per heavy atom. The fourth-order valence-corrected chi connectivity index (χ4v) is 4.89. The standard InChI is InChI=1S/C19H29N3O4S/c1-19(2,3)20-17(23)12-21(4)13-18(24)22(15-8-6-5-7-9-15)16-10-11-27(25,26)14-16/h5-9,16H,10-14H2,1-4H3,(H,20,23)/t16-/m0/s1. The summed E-state index contributed by atoms with van der Waals surface area (Å²) in [7, 11) is -1.42. The third kappa shape index (κ3) is 6.62. The second-order valence-electron chi connectivity index (χ2n) is 8.13. The number of hydrogen-bond donors (Lipinski definition) is 1. The fraction of sp³-hybridized carbons (Fsp3) is 0.579. The molecular weight excluding hydrogens is 366 g/mol. The second-order valence-corrected chi connectivity index (χ2v) is 10.4. The van der Waals surface area contributed by atoms with Crippen molar-refractivity contribution < 1.29 is 18.0 Å². The summed E-state index contributed by atoms with van der Waals surface area (Å²) in [5.41, 5.74) is 0.341. The van der Waals surface area contributed by atoms with Crippen molar-refractivity contribution in [1.82, 2.24) is 10.2 Å². The molecule has 1 aromatic rings. The smallest absolute Gasteiger partial charge is 0.241 e. The molecule has 1 saturated heterocycles. The van der Waals surface area contributed by atoms with Gasteiger partial charge in [-0.15, -0.1) is 0 Å².